The Morgan fingerprint density at radius 1 is 0.758 bits per heavy atom. The van der Waals surface area contributed by atoms with Gasteiger partial charge >= 0.3 is 0 Å². The van der Waals surface area contributed by atoms with Crippen molar-refractivity contribution >= 4 is 28.9 Å². The monoisotopic (exact) mass is 466 g/mol. The van der Waals surface area contributed by atoms with Crippen molar-refractivity contribution in [2.75, 3.05) is 5.75 Å². The molecule has 2 nitrogen and oxygen atoms in total. The lowest BCUT2D eigenvalue weighted by molar-refractivity contribution is 0.577. The van der Waals surface area contributed by atoms with Crippen LogP contribution in [0.25, 0.3) is 0 Å². The molecule has 1 aromatic carbocycles. The third kappa shape index (κ3) is 12.4. The summed E-state index contributed by atoms with van der Waals surface area (Å²) in [5.41, 5.74) is 3.18. The van der Waals surface area contributed by atoms with E-state index >= 15 is 0 Å². The van der Waals surface area contributed by atoms with E-state index in [2.05, 4.69) is 51.1 Å². The van der Waals surface area contributed by atoms with Crippen molar-refractivity contribution in [1.82, 2.24) is 0 Å². The van der Waals surface area contributed by atoms with Crippen molar-refractivity contribution in [3.8, 4) is 0 Å². The second-order valence-corrected chi connectivity index (χ2v) is 10.4. The highest BCUT2D eigenvalue weighted by Crippen LogP contribution is 2.26. The summed E-state index contributed by atoms with van der Waals surface area (Å²) in [6.45, 7) is 6.82. The molecule has 0 aliphatic heterocycles. The van der Waals surface area contributed by atoms with Crippen molar-refractivity contribution in [3.63, 3.8) is 0 Å². The van der Waals surface area contributed by atoms with E-state index in [9.17, 15) is 0 Å². The van der Waals surface area contributed by atoms with Gasteiger partial charge < -0.3 is 0 Å². The Bertz CT molecular complexity index is 761. The van der Waals surface area contributed by atoms with E-state index < -0.39 is 0 Å². The number of rotatable bonds is 17. The quantitative estimate of drug-likeness (QED) is 0.165. The zero-order valence-electron chi connectivity index (χ0n) is 21.4. The van der Waals surface area contributed by atoms with Crippen molar-refractivity contribution in [3.05, 3.63) is 53.5 Å². The van der Waals surface area contributed by atoms with Crippen LogP contribution in [0.4, 0.5) is 5.69 Å². The summed E-state index contributed by atoms with van der Waals surface area (Å²) in [5.74, 6) is 1.16. The predicted molar refractivity (Wildman–Crippen MR) is 151 cm³/mol. The molecule has 1 aromatic rings. The maximum absolute atomic E-state index is 5.10. The number of allylic oxidation sites excluding steroid dienone is 4. The normalized spacial score (nSPS) is 17.0. The van der Waals surface area contributed by atoms with Gasteiger partial charge in [-0.15, -0.1) is 11.8 Å². The van der Waals surface area contributed by atoms with Gasteiger partial charge in [0, 0.05) is 10.9 Å². The summed E-state index contributed by atoms with van der Waals surface area (Å²) >= 11 is 1.96. The van der Waals surface area contributed by atoms with Crippen LogP contribution < -0.4 is 0 Å². The van der Waals surface area contributed by atoms with E-state index in [-0.39, 0.29) is 0 Å². The molecule has 182 valence electrons. The molecule has 0 bridgehead atoms. The van der Waals surface area contributed by atoms with Crippen LogP contribution in [0.2, 0.25) is 0 Å². The topological polar surface area (TPSA) is 24.7 Å². The van der Waals surface area contributed by atoms with Crippen LogP contribution in [-0.4, -0.2) is 23.2 Å². The van der Waals surface area contributed by atoms with Crippen LogP contribution in [0.1, 0.15) is 104 Å². The molecule has 2 rings (SSSR count). The first-order valence-corrected chi connectivity index (χ1v) is 14.5. The summed E-state index contributed by atoms with van der Waals surface area (Å²) in [5, 5.41) is 0. The van der Waals surface area contributed by atoms with Crippen molar-refractivity contribution < 1.29 is 0 Å². The van der Waals surface area contributed by atoms with Gasteiger partial charge in [0.15, 0.2) is 0 Å². The lowest BCUT2D eigenvalue weighted by atomic mass is 10.1. The molecule has 1 aliphatic rings. The average molecular weight is 467 g/mol. The highest BCUT2D eigenvalue weighted by Gasteiger charge is 2.13. The lowest BCUT2D eigenvalue weighted by Crippen LogP contribution is -2.10. The van der Waals surface area contributed by atoms with Gasteiger partial charge in [-0.1, -0.05) is 103 Å². The van der Waals surface area contributed by atoms with Gasteiger partial charge in [0.25, 0.3) is 0 Å². The fourth-order valence-corrected chi connectivity index (χ4v) is 5.07. The minimum atomic E-state index is 0.376. The number of unbranched alkanes of at least 4 members (excludes halogenated alkanes) is 10. The van der Waals surface area contributed by atoms with E-state index in [1.54, 1.807) is 0 Å². The number of hydrogen-bond acceptors (Lipinski definition) is 3. The molecule has 0 radical (unpaired) electrons. The highest BCUT2D eigenvalue weighted by molar-refractivity contribution is 8.04. The number of para-hydroxylation sites is 1. The van der Waals surface area contributed by atoms with Crippen molar-refractivity contribution in [2.24, 2.45) is 9.98 Å². The van der Waals surface area contributed by atoms with E-state index in [4.69, 9.17) is 9.98 Å². The maximum atomic E-state index is 5.10. The molecule has 0 N–H and O–H groups in total. The first-order valence-electron chi connectivity index (χ1n) is 13.5. The zero-order valence-corrected chi connectivity index (χ0v) is 22.2. The molecule has 0 aromatic heterocycles. The minimum Gasteiger partial charge on any atom is -0.281 e. The van der Waals surface area contributed by atoms with E-state index in [0.717, 1.165) is 22.9 Å². The van der Waals surface area contributed by atoms with Crippen LogP contribution in [0.5, 0.6) is 0 Å². The number of thioether (sulfide) groups is 1. The molecule has 0 amide bonds. The van der Waals surface area contributed by atoms with Crippen LogP contribution in [0.15, 0.2) is 63.4 Å². The molecule has 1 atom stereocenters. The van der Waals surface area contributed by atoms with E-state index in [0.29, 0.717) is 6.04 Å². The molecule has 0 heterocycles. The summed E-state index contributed by atoms with van der Waals surface area (Å²) in [6.07, 6.45) is 23.9. The molecule has 33 heavy (non-hydrogen) atoms. The Morgan fingerprint density at radius 2 is 1.39 bits per heavy atom. The molecular weight excluding hydrogens is 420 g/mol. The maximum Gasteiger partial charge on any atom is 0.0714 e. The molecule has 0 saturated heterocycles. The fourth-order valence-electron chi connectivity index (χ4n) is 4.03. The van der Waals surface area contributed by atoms with Gasteiger partial charge in [-0.25, -0.2) is 4.99 Å². The first-order chi connectivity index (χ1) is 16.2. The van der Waals surface area contributed by atoms with E-state index in [1.165, 1.54) is 88.4 Å². The van der Waals surface area contributed by atoms with Gasteiger partial charge in [0.2, 0.25) is 0 Å². The standard InChI is InChI=1S/C30H46N2S/c1-4-6-8-10-11-12-13-18-24-33-30-25-28(32-27-20-16-14-17-21-27)22-23-29(30)31-26(3)19-15-9-7-5-2/h14,16-17,20-23,25-26H,4-13,15,18-19,24H2,1-3H3. The third-order valence-electron chi connectivity index (χ3n) is 6.05. The van der Waals surface area contributed by atoms with Gasteiger partial charge in [-0.2, -0.15) is 0 Å². The van der Waals surface area contributed by atoms with Gasteiger partial charge in [-0.3, -0.25) is 4.99 Å². The second-order valence-electron chi connectivity index (χ2n) is 9.25. The van der Waals surface area contributed by atoms with Crippen LogP contribution >= 0.6 is 11.8 Å². The van der Waals surface area contributed by atoms with Crippen molar-refractivity contribution in [1.29, 1.82) is 0 Å². The second kappa shape index (κ2) is 17.8. The SMILES string of the molecule is CCCCCCCCCCSC1=CC(=Nc2ccccc2)C=CC1=NC(C)CCCCCC. The number of hydrogen-bond donors (Lipinski definition) is 0. The molecule has 1 aliphatic carbocycles. The fraction of sp³-hybridized carbons (Fsp3) is 0.600. The van der Waals surface area contributed by atoms with Gasteiger partial charge in [0.05, 0.1) is 17.1 Å². The number of benzene rings is 1. The smallest absolute Gasteiger partial charge is 0.0714 e. The molecule has 0 fully saturated rings. The molecule has 1 unspecified atom stereocenters. The predicted octanol–water partition coefficient (Wildman–Crippen LogP) is 9.89. The Morgan fingerprint density at radius 3 is 2.09 bits per heavy atom. The molecule has 0 spiro atoms. The summed E-state index contributed by atoms with van der Waals surface area (Å²) in [6, 6.07) is 10.6. The summed E-state index contributed by atoms with van der Waals surface area (Å²) in [7, 11) is 0. The third-order valence-corrected chi connectivity index (χ3v) is 7.18. The van der Waals surface area contributed by atoms with Crippen LogP contribution in [-0.2, 0) is 0 Å². The number of aliphatic imine (C=N–C) groups is 2. The summed E-state index contributed by atoms with van der Waals surface area (Å²) < 4.78 is 0. The lowest BCUT2D eigenvalue weighted by Gasteiger charge is -2.15. The van der Waals surface area contributed by atoms with Crippen molar-refractivity contribution in [2.45, 2.75) is 110 Å². The number of nitrogens with zero attached hydrogens (tertiary/aromatic N) is 2. The molecule has 0 saturated carbocycles. The Hall–Kier alpha value is -1.61. The van der Waals surface area contributed by atoms with E-state index in [1.807, 2.05) is 30.0 Å². The Labute approximate surface area is 208 Å². The zero-order chi connectivity index (χ0) is 23.6. The molecule has 3 heteroatoms. The highest BCUT2D eigenvalue weighted by atomic mass is 32.2. The average Bonchev–Trinajstić information content (AvgIpc) is 2.83. The van der Waals surface area contributed by atoms with Crippen LogP contribution in [0.3, 0.4) is 0 Å². The first kappa shape index (κ1) is 27.6. The van der Waals surface area contributed by atoms with Crippen LogP contribution in [0, 0.1) is 0 Å². The Balaban J connectivity index is 1.92. The molecular formula is C30H46N2S. The minimum absolute atomic E-state index is 0.376. The largest absolute Gasteiger partial charge is 0.281 e. The van der Waals surface area contributed by atoms with Gasteiger partial charge in [-0.05, 0) is 55.9 Å². The Kier molecular flexibility index (Phi) is 14.9. The summed E-state index contributed by atoms with van der Waals surface area (Å²) in [4.78, 5) is 11.2. The van der Waals surface area contributed by atoms with Gasteiger partial charge in [0.1, 0.15) is 0 Å².